The van der Waals surface area contributed by atoms with Crippen LogP contribution >= 0.6 is 0 Å². The van der Waals surface area contributed by atoms with Gasteiger partial charge in [-0.1, -0.05) is 54.1 Å². The lowest BCUT2D eigenvalue weighted by atomic mass is 10.1. The van der Waals surface area contributed by atoms with Crippen LogP contribution in [0.5, 0.6) is 0 Å². The number of hydrogen-bond donors (Lipinski definition) is 0. The highest BCUT2D eigenvalue weighted by Crippen LogP contribution is 2.27. The van der Waals surface area contributed by atoms with E-state index in [1.165, 1.54) is 12.1 Å². The van der Waals surface area contributed by atoms with Gasteiger partial charge in [-0.15, -0.1) is 0 Å². The lowest BCUT2D eigenvalue weighted by molar-refractivity contribution is 0.626. The lowest BCUT2D eigenvalue weighted by Crippen LogP contribution is -2.23. The summed E-state index contributed by atoms with van der Waals surface area (Å²) in [4.78, 5) is 18.1. The smallest absolute Gasteiger partial charge is 0.278 e. The Labute approximate surface area is 172 Å². The number of hydrogen-bond acceptors (Lipinski definition) is 2. The van der Waals surface area contributed by atoms with Crippen LogP contribution in [0.1, 0.15) is 16.7 Å². The maximum atomic E-state index is 13.5. The second kappa shape index (κ2) is 7.26. The molecule has 0 spiro atoms. The third-order valence-corrected chi connectivity index (χ3v) is 5.43. The molecule has 0 aliphatic rings. The molecule has 0 amide bonds. The van der Waals surface area contributed by atoms with Gasteiger partial charge in [0.25, 0.3) is 5.56 Å². The topological polar surface area (TPSA) is 39.8 Å². The van der Waals surface area contributed by atoms with Crippen LogP contribution in [-0.4, -0.2) is 14.1 Å². The molecular weight excluding hydrogens is 377 g/mol. The number of nitrogens with zero attached hydrogens (tertiary/aromatic N) is 3. The van der Waals surface area contributed by atoms with Crippen LogP contribution in [0.15, 0.2) is 83.9 Å². The first-order chi connectivity index (χ1) is 14.6. The molecule has 2 heterocycles. The second-order valence-electron chi connectivity index (χ2n) is 7.59. The fraction of sp³-hybridized carbons (Fsp3) is 0.120. The largest absolute Gasteiger partial charge is 0.330 e. The normalized spacial score (nSPS) is 11.4. The van der Waals surface area contributed by atoms with Crippen molar-refractivity contribution in [2.45, 2.75) is 20.0 Å². The van der Waals surface area contributed by atoms with Crippen molar-refractivity contribution in [2.75, 3.05) is 0 Å². The maximum absolute atomic E-state index is 13.5. The molecule has 0 bridgehead atoms. The Balaban J connectivity index is 1.72. The fourth-order valence-electron chi connectivity index (χ4n) is 3.94. The standard InChI is InChI=1S/C25H20FN3O/c1-17-7-12-22-21(13-17)23-24(29(22)15-18-5-3-2-4-6-18)25(30)28(16-27-23)14-19-8-10-20(26)11-9-19/h2-13,16H,14-15H2,1H3. The summed E-state index contributed by atoms with van der Waals surface area (Å²) in [6.45, 7) is 2.96. The number of benzene rings is 3. The van der Waals surface area contributed by atoms with Gasteiger partial charge in [0.05, 0.1) is 18.4 Å². The molecule has 5 aromatic rings. The highest BCUT2D eigenvalue weighted by atomic mass is 19.1. The number of rotatable bonds is 4. The van der Waals surface area contributed by atoms with E-state index >= 15 is 0 Å². The SMILES string of the molecule is Cc1ccc2c(c1)c1ncn(Cc3ccc(F)cc3)c(=O)c1n2Cc1ccccc1. The van der Waals surface area contributed by atoms with Gasteiger partial charge in [-0.25, -0.2) is 9.37 Å². The van der Waals surface area contributed by atoms with Crippen LogP contribution in [0, 0.1) is 12.7 Å². The van der Waals surface area contributed by atoms with Gasteiger partial charge in [0.15, 0.2) is 0 Å². The predicted octanol–water partition coefficient (Wildman–Crippen LogP) is 4.90. The van der Waals surface area contributed by atoms with Gasteiger partial charge in [0.2, 0.25) is 0 Å². The molecule has 0 saturated heterocycles. The first-order valence-corrected chi connectivity index (χ1v) is 9.86. The molecule has 0 unspecified atom stereocenters. The van der Waals surface area contributed by atoms with Crippen molar-refractivity contribution in [2.24, 2.45) is 0 Å². The van der Waals surface area contributed by atoms with Crippen molar-refractivity contribution in [3.8, 4) is 0 Å². The molecule has 0 N–H and O–H groups in total. The van der Waals surface area contributed by atoms with Crippen LogP contribution in [0.3, 0.4) is 0 Å². The van der Waals surface area contributed by atoms with Gasteiger partial charge in [-0.3, -0.25) is 9.36 Å². The minimum absolute atomic E-state index is 0.103. The Morgan fingerprint density at radius 1 is 0.900 bits per heavy atom. The van der Waals surface area contributed by atoms with E-state index in [0.717, 1.165) is 27.6 Å². The quantitative estimate of drug-likeness (QED) is 0.433. The fourth-order valence-corrected chi connectivity index (χ4v) is 3.94. The van der Waals surface area contributed by atoms with E-state index in [0.29, 0.717) is 24.1 Å². The van der Waals surface area contributed by atoms with Crippen molar-refractivity contribution >= 4 is 21.9 Å². The van der Waals surface area contributed by atoms with E-state index in [1.54, 1.807) is 23.0 Å². The first kappa shape index (κ1) is 18.3. The van der Waals surface area contributed by atoms with E-state index in [2.05, 4.69) is 39.9 Å². The van der Waals surface area contributed by atoms with E-state index in [9.17, 15) is 9.18 Å². The molecule has 5 heteroatoms. The zero-order chi connectivity index (χ0) is 20.7. The number of halogens is 1. The Morgan fingerprint density at radius 2 is 1.63 bits per heavy atom. The Hall–Kier alpha value is -3.73. The number of fused-ring (bicyclic) bond motifs is 3. The summed E-state index contributed by atoms with van der Waals surface area (Å²) in [5, 5.41) is 0.979. The van der Waals surface area contributed by atoms with Crippen LogP contribution in [0.2, 0.25) is 0 Å². The zero-order valence-electron chi connectivity index (χ0n) is 16.5. The second-order valence-corrected chi connectivity index (χ2v) is 7.59. The van der Waals surface area contributed by atoms with E-state index in [1.807, 2.05) is 25.1 Å². The van der Waals surface area contributed by atoms with Crippen molar-refractivity contribution in [1.29, 1.82) is 0 Å². The van der Waals surface area contributed by atoms with Gasteiger partial charge in [0.1, 0.15) is 16.9 Å². The Bertz CT molecular complexity index is 1420. The van der Waals surface area contributed by atoms with Gasteiger partial charge in [-0.05, 0) is 42.3 Å². The minimum atomic E-state index is -0.293. The number of aromatic nitrogens is 3. The summed E-state index contributed by atoms with van der Waals surface area (Å²) in [5.74, 6) is -0.293. The molecular formula is C25H20FN3O. The third kappa shape index (κ3) is 3.18. The molecule has 3 aromatic carbocycles. The monoisotopic (exact) mass is 397 g/mol. The van der Waals surface area contributed by atoms with Gasteiger partial charge in [0, 0.05) is 11.9 Å². The van der Waals surface area contributed by atoms with Crippen molar-refractivity contribution in [1.82, 2.24) is 14.1 Å². The van der Waals surface area contributed by atoms with Gasteiger partial charge >= 0.3 is 0 Å². The summed E-state index contributed by atoms with van der Waals surface area (Å²) in [5.41, 5.74) is 5.27. The molecule has 4 nitrogen and oxygen atoms in total. The maximum Gasteiger partial charge on any atom is 0.278 e. The average Bonchev–Trinajstić information content (AvgIpc) is 3.06. The molecule has 0 aliphatic carbocycles. The first-order valence-electron chi connectivity index (χ1n) is 9.86. The summed E-state index contributed by atoms with van der Waals surface area (Å²) in [6, 6.07) is 22.5. The molecule has 0 radical (unpaired) electrons. The highest BCUT2D eigenvalue weighted by molar-refractivity contribution is 6.05. The molecule has 148 valence electrons. The van der Waals surface area contributed by atoms with Crippen LogP contribution in [-0.2, 0) is 13.1 Å². The molecule has 5 rings (SSSR count). The zero-order valence-corrected chi connectivity index (χ0v) is 16.5. The Kier molecular flexibility index (Phi) is 4.43. The van der Waals surface area contributed by atoms with E-state index in [-0.39, 0.29) is 11.4 Å². The molecule has 30 heavy (non-hydrogen) atoms. The molecule has 0 saturated carbocycles. The van der Waals surface area contributed by atoms with Gasteiger partial charge < -0.3 is 4.57 Å². The highest BCUT2D eigenvalue weighted by Gasteiger charge is 2.17. The lowest BCUT2D eigenvalue weighted by Gasteiger charge is -2.09. The number of aryl methyl sites for hydroxylation is 1. The van der Waals surface area contributed by atoms with Crippen LogP contribution < -0.4 is 5.56 Å². The van der Waals surface area contributed by atoms with E-state index in [4.69, 9.17) is 0 Å². The molecule has 0 fully saturated rings. The van der Waals surface area contributed by atoms with Crippen LogP contribution in [0.25, 0.3) is 21.9 Å². The Morgan fingerprint density at radius 3 is 2.40 bits per heavy atom. The third-order valence-electron chi connectivity index (χ3n) is 5.43. The molecule has 2 aromatic heterocycles. The summed E-state index contributed by atoms with van der Waals surface area (Å²) in [6.07, 6.45) is 1.59. The summed E-state index contributed by atoms with van der Waals surface area (Å²) in [7, 11) is 0. The summed E-state index contributed by atoms with van der Waals surface area (Å²) < 4.78 is 16.9. The minimum Gasteiger partial charge on any atom is -0.330 e. The van der Waals surface area contributed by atoms with Crippen molar-refractivity contribution in [3.05, 3.63) is 112 Å². The summed E-state index contributed by atoms with van der Waals surface area (Å²) >= 11 is 0. The van der Waals surface area contributed by atoms with E-state index < -0.39 is 0 Å². The molecule has 0 atom stereocenters. The average molecular weight is 397 g/mol. The van der Waals surface area contributed by atoms with Crippen molar-refractivity contribution in [3.63, 3.8) is 0 Å². The molecule has 0 aliphatic heterocycles. The van der Waals surface area contributed by atoms with Gasteiger partial charge in [-0.2, -0.15) is 0 Å². The van der Waals surface area contributed by atoms with Crippen LogP contribution in [0.4, 0.5) is 4.39 Å². The van der Waals surface area contributed by atoms with Crippen molar-refractivity contribution < 1.29 is 4.39 Å². The predicted molar refractivity (Wildman–Crippen MR) is 117 cm³/mol.